The van der Waals surface area contributed by atoms with Gasteiger partial charge in [0.1, 0.15) is 43.2 Å². The van der Waals surface area contributed by atoms with Gasteiger partial charge in [-0.15, -0.1) is 0 Å². The minimum absolute atomic E-state index is 0.0913. The molecule has 8 atom stereocenters. The van der Waals surface area contributed by atoms with Gasteiger partial charge >= 0.3 is 19.8 Å². The summed E-state index contributed by atoms with van der Waals surface area (Å²) in [6.07, 6.45) is 31.6. The van der Waals surface area contributed by atoms with Gasteiger partial charge in [0.25, 0.3) is 0 Å². The van der Waals surface area contributed by atoms with Crippen LogP contribution in [-0.4, -0.2) is 98.3 Å². The molecule has 1 aliphatic rings. The number of hydrogen-bond acceptors (Lipinski definition) is 12. The molecule has 0 amide bonds. The molecule has 0 bridgehead atoms. The number of esters is 2. The van der Waals surface area contributed by atoms with Gasteiger partial charge < -0.3 is 39.9 Å². The Labute approximate surface area is 373 Å². The Kier molecular flexibility index (Phi) is 35.5. The largest absolute Gasteiger partial charge is 0.472 e. The minimum atomic E-state index is -5.13. The average molecular weight is 901 g/mol. The monoisotopic (exact) mass is 901 g/mol. The molecule has 0 aromatic heterocycles. The van der Waals surface area contributed by atoms with E-state index in [0.29, 0.717) is 12.8 Å². The fourth-order valence-electron chi connectivity index (χ4n) is 7.04. The molecule has 14 heteroatoms. The van der Waals surface area contributed by atoms with E-state index in [2.05, 4.69) is 62.5 Å². The summed E-state index contributed by atoms with van der Waals surface area (Å²) < 4.78 is 33.5. The molecule has 0 radical (unpaired) electrons. The quantitative estimate of drug-likeness (QED) is 0.0147. The Bertz CT molecular complexity index is 1270. The summed E-state index contributed by atoms with van der Waals surface area (Å²) in [5.74, 6) is -1.13. The van der Waals surface area contributed by atoms with Gasteiger partial charge in [-0.1, -0.05) is 172 Å². The molecule has 0 aliphatic heterocycles. The van der Waals surface area contributed by atoms with E-state index in [1.807, 2.05) is 0 Å². The summed E-state index contributed by atoms with van der Waals surface area (Å²) in [5, 5.41) is 50.2. The van der Waals surface area contributed by atoms with Crippen molar-refractivity contribution in [1.29, 1.82) is 0 Å². The Morgan fingerprint density at radius 1 is 0.500 bits per heavy atom. The van der Waals surface area contributed by atoms with Crippen LogP contribution >= 0.6 is 7.82 Å². The molecule has 1 rings (SSSR count). The van der Waals surface area contributed by atoms with Gasteiger partial charge in [-0.2, -0.15) is 0 Å². The molecule has 0 spiro atoms. The van der Waals surface area contributed by atoms with Crippen LogP contribution in [0.15, 0.2) is 48.6 Å². The van der Waals surface area contributed by atoms with Crippen molar-refractivity contribution in [1.82, 2.24) is 0 Å². The van der Waals surface area contributed by atoms with Crippen LogP contribution in [0, 0.1) is 0 Å². The fraction of sp³-hybridized carbons (Fsp3) is 0.792. The zero-order valence-corrected chi connectivity index (χ0v) is 39.0. The third kappa shape index (κ3) is 30.0. The maximum atomic E-state index is 12.8. The topological polar surface area (TPSA) is 210 Å². The Morgan fingerprint density at radius 3 is 1.39 bits per heavy atom. The summed E-state index contributed by atoms with van der Waals surface area (Å²) >= 11 is 0. The predicted octanol–water partition coefficient (Wildman–Crippen LogP) is 9.56. The number of aliphatic hydroxyl groups excluding tert-OH is 5. The van der Waals surface area contributed by atoms with Gasteiger partial charge in [0.15, 0.2) is 6.10 Å². The summed E-state index contributed by atoms with van der Waals surface area (Å²) in [6, 6.07) is 0. The van der Waals surface area contributed by atoms with Crippen molar-refractivity contribution in [2.45, 2.75) is 230 Å². The maximum absolute atomic E-state index is 12.8. The van der Waals surface area contributed by atoms with Crippen LogP contribution in [-0.2, 0) is 32.7 Å². The van der Waals surface area contributed by atoms with Gasteiger partial charge in [0, 0.05) is 12.8 Å². The number of phosphoric acid groups is 1. The third-order valence-corrected chi connectivity index (χ3v) is 11.9. The normalized spacial score (nSPS) is 22.3. The van der Waals surface area contributed by atoms with E-state index < -0.39 is 75.7 Å². The van der Waals surface area contributed by atoms with Crippen molar-refractivity contribution in [3.8, 4) is 0 Å². The van der Waals surface area contributed by atoms with Crippen molar-refractivity contribution in [3.63, 3.8) is 0 Å². The van der Waals surface area contributed by atoms with Gasteiger partial charge in [-0.05, 0) is 51.4 Å². The molecule has 1 fully saturated rings. The fourth-order valence-corrected chi connectivity index (χ4v) is 8.02. The number of ether oxygens (including phenoxy) is 2. The van der Waals surface area contributed by atoms with E-state index in [4.69, 9.17) is 18.5 Å². The number of aliphatic hydroxyl groups is 5. The number of rotatable bonds is 39. The minimum Gasteiger partial charge on any atom is -0.462 e. The molecule has 360 valence electrons. The number of unbranched alkanes of at least 4 members (excludes halogenated alkanes) is 19. The number of carbonyl (C=O) groups excluding carboxylic acids is 2. The van der Waals surface area contributed by atoms with E-state index in [-0.39, 0.29) is 12.8 Å². The molecule has 0 aromatic rings. The van der Waals surface area contributed by atoms with Crippen molar-refractivity contribution < 1.29 is 63.1 Å². The first-order valence-corrected chi connectivity index (χ1v) is 25.4. The second-order valence-electron chi connectivity index (χ2n) is 16.6. The van der Waals surface area contributed by atoms with Gasteiger partial charge in [0.05, 0.1) is 6.61 Å². The van der Waals surface area contributed by atoms with E-state index in [0.717, 1.165) is 70.6 Å². The lowest BCUT2D eigenvalue weighted by molar-refractivity contribution is -0.220. The van der Waals surface area contributed by atoms with Crippen LogP contribution in [0.25, 0.3) is 0 Å². The lowest BCUT2D eigenvalue weighted by Crippen LogP contribution is -2.64. The van der Waals surface area contributed by atoms with Crippen LogP contribution in [0.5, 0.6) is 0 Å². The first-order chi connectivity index (χ1) is 29.9. The smallest absolute Gasteiger partial charge is 0.462 e. The number of allylic oxidation sites excluding steroid dienone is 8. The van der Waals surface area contributed by atoms with E-state index in [9.17, 15) is 44.6 Å². The third-order valence-electron chi connectivity index (χ3n) is 10.9. The molecule has 0 heterocycles. The summed E-state index contributed by atoms with van der Waals surface area (Å²) in [6.45, 7) is 3.21. The van der Waals surface area contributed by atoms with Crippen LogP contribution < -0.4 is 0 Å². The van der Waals surface area contributed by atoms with E-state index in [1.165, 1.54) is 77.0 Å². The van der Waals surface area contributed by atoms with Crippen molar-refractivity contribution in [3.05, 3.63) is 48.6 Å². The highest BCUT2D eigenvalue weighted by Crippen LogP contribution is 2.47. The molecular formula is C48H85O13P. The van der Waals surface area contributed by atoms with Crippen molar-refractivity contribution in [2.24, 2.45) is 0 Å². The maximum Gasteiger partial charge on any atom is 0.472 e. The molecule has 1 saturated carbocycles. The standard InChI is InChI=1S/C48H85O13P/c1-3-5-7-9-11-13-15-17-19-21-23-24-26-28-30-32-34-36-41(49)58-38-40(39-59-62(56,57)61-48-46(54)44(52)43(51)45(53)47(48)55)60-42(50)37-35-33-31-29-27-25-22-20-18-16-14-12-10-8-6-4-2/h7,9,13,15,19,21,24,26,40,43-48,51-55H,3-6,8,10-12,14,16-18,20,22-23,25,27-39H2,1-2H3,(H,56,57)/b9-7+,15-13+,21-19+,26-24+/t40-,43?,44-,45?,46?,47?,48?/m0/s1. The Hall–Kier alpha value is -2.19. The van der Waals surface area contributed by atoms with Crippen molar-refractivity contribution >= 4 is 19.8 Å². The Morgan fingerprint density at radius 2 is 0.903 bits per heavy atom. The first kappa shape index (κ1) is 57.8. The molecule has 0 saturated heterocycles. The van der Waals surface area contributed by atoms with Crippen molar-refractivity contribution in [2.75, 3.05) is 13.2 Å². The van der Waals surface area contributed by atoms with E-state index in [1.54, 1.807) is 0 Å². The van der Waals surface area contributed by atoms with Crippen LogP contribution in [0.1, 0.15) is 187 Å². The first-order valence-electron chi connectivity index (χ1n) is 23.9. The highest BCUT2D eigenvalue weighted by Gasteiger charge is 2.51. The molecule has 6 unspecified atom stereocenters. The molecular weight excluding hydrogens is 815 g/mol. The zero-order chi connectivity index (χ0) is 45.7. The second kappa shape index (κ2) is 38.1. The number of hydrogen-bond donors (Lipinski definition) is 6. The molecule has 13 nitrogen and oxygen atoms in total. The Balaban J connectivity index is 2.46. The number of phosphoric ester groups is 1. The molecule has 6 N–H and O–H groups in total. The summed E-state index contributed by atoms with van der Waals surface area (Å²) in [4.78, 5) is 35.7. The number of carbonyl (C=O) groups is 2. The lowest BCUT2D eigenvalue weighted by Gasteiger charge is -2.41. The van der Waals surface area contributed by atoms with Gasteiger partial charge in [0.2, 0.25) is 0 Å². The molecule has 0 aromatic carbocycles. The highest BCUT2D eigenvalue weighted by atomic mass is 31.2. The van der Waals surface area contributed by atoms with Crippen LogP contribution in [0.4, 0.5) is 0 Å². The molecule has 62 heavy (non-hydrogen) atoms. The van der Waals surface area contributed by atoms with Crippen LogP contribution in [0.2, 0.25) is 0 Å². The molecule has 1 aliphatic carbocycles. The second-order valence-corrected chi connectivity index (χ2v) is 18.0. The SMILES string of the molecule is CCC/C=C/C/C=C/C/C=C/C/C=C/CCCCCC(=O)OC[C@@H](COP(=O)(O)OC1C(O)C(O)C(O)[C@H](O)C1O)OC(=O)CCCCCCCCCCCCCCCCCC. The summed E-state index contributed by atoms with van der Waals surface area (Å²) in [7, 11) is -5.13. The lowest BCUT2D eigenvalue weighted by atomic mass is 9.85. The average Bonchev–Trinajstić information content (AvgIpc) is 3.25. The van der Waals surface area contributed by atoms with Crippen LogP contribution in [0.3, 0.4) is 0 Å². The van der Waals surface area contributed by atoms with E-state index >= 15 is 0 Å². The predicted molar refractivity (Wildman–Crippen MR) is 244 cm³/mol. The summed E-state index contributed by atoms with van der Waals surface area (Å²) in [5.41, 5.74) is 0. The highest BCUT2D eigenvalue weighted by molar-refractivity contribution is 7.47. The van der Waals surface area contributed by atoms with Gasteiger partial charge in [-0.3, -0.25) is 18.6 Å². The zero-order valence-electron chi connectivity index (χ0n) is 38.2. The van der Waals surface area contributed by atoms with Gasteiger partial charge in [-0.25, -0.2) is 4.57 Å².